The van der Waals surface area contributed by atoms with Gasteiger partial charge in [-0.15, -0.1) is 0 Å². The van der Waals surface area contributed by atoms with Crippen molar-refractivity contribution in [2.75, 3.05) is 49.1 Å². The van der Waals surface area contributed by atoms with Crippen LogP contribution >= 0.6 is 35.6 Å². The van der Waals surface area contributed by atoms with E-state index in [2.05, 4.69) is 9.80 Å². The lowest BCUT2D eigenvalue weighted by atomic mass is 10.2. The molecule has 0 N–H and O–H groups in total. The van der Waals surface area contributed by atoms with Crippen molar-refractivity contribution < 1.29 is 9.53 Å². The zero-order chi connectivity index (χ0) is 26.2. The summed E-state index contributed by atoms with van der Waals surface area (Å²) in [4.78, 5) is 38.3. The molecule has 38 heavy (non-hydrogen) atoms. The SMILES string of the molecule is O=C1/C(=C/c2c(N3CCN(c4cccc(Cl)c4)CC3)nc3ccccn3c2=O)SC(=S)N1CC1CCCO1. The highest BCUT2D eigenvalue weighted by Crippen LogP contribution is 2.34. The average Bonchev–Trinajstić information content (AvgIpc) is 3.54. The molecule has 3 aliphatic rings. The summed E-state index contributed by atoms with van der Waals surface area (Å²) < 4.78 is 7.72. The van der Waals surface area contributed by atoms with Gasteiger partial charge in [0.25, 0.3) is 11.5 Å². The van der Waals surface area contributed by atoms with Crippen LogP contribution in [0.15, 0.2) is 58.4 Å². The third kappa shape index (κ3) is 4.93. The molecule has 3 fully saturated rings. The standard InChI is InChI=1S/C27H26ClN5O3S2/c28-18-5-3-6-19(15-18)30-10-12-31(13-11-30)24-21(25(34)32-9-2-1-8-23(32)29-24)16-22-26(35)33(27(37)38-22)17-20-7-4-14-36-20/h1-3,5-6,8-9,15-16,20H,4,7,10-14,17H2/b22-16-. The van der Waals surface area contributed by atoms with E-state index in [0.717, 1.165) is 31.6 Å². The number of carbonyl (C=O) groups is 1. The Morgan fingerprint density at radius 1 is 1.11 bits per heavy atom. The monoisotopic (exact) mass is 567 g/mol. The van der Waals surface area contributed by atoms with Crippen molar-refractivity contribution in [1.82, 2.24) is 14.3 Å². The van der Waals surface area contributed by atoms with Crippen molar-refractivity contribution in [2.45, 2.75) is 18.9 Å². The van der Waals surface area contributed by atoms with Crippen molar-refractivity contribution in [2.24, 2.45) is 0 Å². The fourth-order valence-corrected chi connectivity index (χ4v) is 6.53. The number of amides is 1. The number of aromatic nitrogens is 2. The Morgan fingerprint density at radius 3 is 2.68 bits per heavy atom. The number of anilines is 2. The molecule has 8 nitrogen and oxygen atoms in total. The van der Waals surface area contributed by atoms with Crippen molar-refractivity contribution >= 4 is 69.0 Å². The van der Waals surface area contributed by atoms with Crippen LogP contribution in [-0.2, 0) is 9.53 Å². The Hall–Kier alpha value is -2.92. The maximum absolute atomic E-state index is 13.7. The number of rotatable bonds is 5. The van der Waals surface area contributed by atoms with Gasteiger partial charge in [-0.1, -0.05) is 47.7 Å². The van der Waals surface area contributed by atoms with Crippen LogP contribution in [0.3, 0.4) is 0 Å². The predicted octanol–water partition coefficient (Wildman–Crippen LogP) is 4.05. The zero-order valence-corrected chi connectivity index (χ0v) is 23.0. The van der Waals surface area contributed by atoms with Crippen LogP contribution in [0.25, 0.3) is 11.7 Å². The number of thiocarbonyl (C=S) groups is 1. The Morgan fingerprint density at radius 2 is 1.92 bits per heavy atom. The Balaban J connectivity index is 1.32. The first kappa shape index (κ1) is 25.4. The summed E-state index contributed by atoms with van der Waals surface area (Å²) in [5.74, 6) is 0.390. The van der Waals surface area contributed by atoms with E-state index in [1.807, 2.05) is 36.4 Å². The Bertz CT molecular complexity index is 1500. The lowest BCUT2D eigenvalue weighted by Gasteiger charge is -2.37. The summed E-state index contributed by atoms with van der Waals surface area (Å²) >= 11 is 13.0. The van der Waals surface area contributed by atoms with Crippen molar-refractivity contribution in [3.8, 4) is 0 Å². The molecule has 1 amide bonds. The summed E-state index contributed by atoms with van der Waals surface area (Å²) in [6, 6.07) is 13.3. The topological polar surface area (TPSA) is 70.4 Å². The lowest BCUT2D eigenvalue weighted by molar-refractivity contribution is -0.123. The van der Waals surface area contributed by atoms with Crippen LogP contribution < -0.4 is 15.4 Å². The highest BCUT2D eigenvalue weighted by atomic mass is 35.5. The minimum atomic E-state index is -0.215. The molecule has 0 aliphatic carbocycles. The summed E-state index contributed by atoms with van der Waals surface area (Å²) in [5.41, 5.74) is 1.81. The minimum Gasteiger partial charge on any atom is -0.376 e. The second-order valence-electron chi connectivity index (χ2n) is 9.46. The molecule has 5 heterocycles. The van der Waals surface area contributed by atoms with Gasteiger partial charge in [0.1, 0.15) is 15.8 Å². The Labute approximate surface area is 234 Å². The molecular formula is C27H26ClN5O3S2. The molecule has 196 valence electrons. The van der Waals surface area contributed by atoms with Gasteiger partial charge in [0.05, 0.1) is 23.1 Å². The highest BCUT2D eigenvalue weighted by molar-refractivity contribution is 8.26. The first-order valence-electron chi connectivity index (χ1n) is 12.6. The second-order valence-corrected chi connectivity index (χ2v) is 11.6. The molecule has 2 aromatic heterocycles. The fraction of sp³-hybridized carbons (Fsp3) is 0.333. The number of pyridine rings is 1. The molecule has 0 radical (unpaired) electrons. The lowest BCUT2D eigenvalue weighted by Crippen LogP contribution is -2.47. The molecule has 3 aliphatic heterocycles. The quantitative estimate of drug-likeness (QED) is 0.338. The Kier molecular flexibility index (Phi) is 7.13. The number of nitrogens with zero attached hydrogens (tertiary/aromatic N) is 5. The third-order valence-corrected chi connectivity index (χ3v) is 8.67. The molecule has 1 aromatic carbocycles. The van der Waals surface area contributed by atoms with E-state index in [1.165, 1.54) is 16.2 Å². The normalized spacial score (nSPS) is 21.3. The van der Waals surface area contributed by atoms with Crippen molar-refractivity contribution in [1.29, 1.82) is 0 Å². The number of benzene rings is 1. The largest absolute Gasteiger partial charge is 0.376 e. The van der Waals surface area contributed by atoms with Crippen molar-refractivity contribution in [3.05, 3.63) is 74.5 Å². The van der Waals surface area contributed by atoms with E-state index >= 15 is 0 Å². The van der Waals surface area contributed by atoms with Gasteiger partial charge in [0.15, 0.2) is 0 Å². The number of ether oxygens (including phenoxy) is 1. The van der Waals surface area contributed by atoms with Gasteiger partial charge < -0.3 is 14.5 Å². The molecule has 6 rings (SSSR count). The number of hydrogen-bond donors (Lipinski definition) is 0. The van der Waals surface area contributed by atoms with E-state index in [0.29, 0.717) is 57.5 Å². The van der Waals surface area contributed by atoms with Crippen LogP contribution in [-0.4, -0.2) is 69.9 Å². The van der Waals surface area contributed by atoms with Crippen LogP contribution in [0.5, 0.6) is 0 Å². The van der Waals surface area contributed by atoms with Crippen LogP contribution in [0.1, 0.15) is 18.4 Å². The molecule has 1 atom stereocenters. The van der Waals surface area contributed by atoms with Crippen molar-refractivity contribution in [3.63, 3.8) is 0 Å². The van der Waals surface area contributed by atoms with Gasteiger partial charge in [-0.2, -0.15) is 0 Å². The van der Waals surface area contributed by atoms with Gasteiger partial charge in [-0.25, -0.2) is 4.98 Å². The van der Waals surface area contributed by atoms with E-state index in [-0.39, 0.29) is 17.6 Å². The molecular weight excluding hydrogens is 542 g/mol. The zero-order valence-electron chi connectivity index (χ0n) is 20.6. The number of halogens is 1. The number of hydrogen-bond acceptors (Lipinski definition) is 8. The van der Waals surface area contributed by atoms with Gasteiger partial charge in [0, 0.05) is 49.7 Å². The van der Waals surface area contributed by atoms with Gasteiger partial charge in [0.2, 0.25) is 0 Å². The molecule has 0 saturated carbocycles. The number of carbonyl (C=O) groups excluding carboxylic acids is 1. The molecule has 3 aromatic rings. The number of piperazine rings is 1. The number of fused-ring (bicyclic) bond motifs is 1. The van der Waals surface area contributed by atoms with Crippen LogP contribution in [0.4, 0.5) is 11.5 Å². The van der Waals surface area contributed by atoms with Gasteiger partial charge in [-0.3, -0.25) is 18.9 Å². The van der Waals surface area contributed by atoms with E-state index < -0.39 is 0 Å². The van der Waals surface area contributed by atoms with Crippen LogP contribution in [0.2, 0.25) is 5.02 Å². The summed E-state index contributed by atoms with van der Waals surface area (Å²) in [5, 5.41) is 0.702. The highest BCUT2D eigenvalue weighted by Gasteiger charge is 2.35. The minimum absolute atomic E-state index is 0.00355. The average molecular weight is 568 g/mol. The molecule has 1 unspecified atom stereocenters. The van der Waals surface area contributed by atoms with E-state index in [1.54, 1.807) is 23.2 Å². The molecule has 0 bridgehead atoms. The summed E-state index contributed by atoms with van der Waals surface area (Å²) in [6.45, 7) is 3.99. The van der Waals surface area contributed by atoms with E-state index in [4.69, 9.17) is 33.5 Å². The fourth-order valence-electron chi connectivity index (χ4n) is 5.09. The van der Waals surface area contributed by atoms with Crippen LogP contribution in [0, 0.1) is 0 Å². The number of thioether (sulfide) groups is 1. The smallest absolute Gasteiger partial charge is 0.267 e. The first-order valence-corrected chi connectivity index (χ1v) is 14.2. The maximum Gasteiger partial charge on any atom is 0.267 e. The van der Waals surface area contributed by atoms with Gasteiger partial charge >= 0.3 is 0 Å². The second kappa shape index (κ2) is 10.7. The molecule has 11 heteroatoms. The predicted molar refractivity (Wildman–Crippen MR) is 156 cm³/mol. The molecule has 0 spiro atoms. The maximum atomic E-state index is 13.7. The van der Waals surface area contributed by atoms with Gasteiger partial charge in [-0.05, 0) is 49.2 Å². The van der Waals surface area contributed by atoms with E-state index in [9.17, 15) is 9.59 Å². The first-order chi connectivity index (χ1) is 18.5. The summed E-state index contributed by atoms with van der Waals surface area (Å²) in [7, 11) is 0. The third-order valence-electron chi connectivity index (χ3n) is 7.06. The molecule has 3 saturated heterocycles. The summed E-state index contributed by atoms with van der Waals surface area (Å²) in [6.07, 6.45) is 5.27.